The van der Waals surface area contributed by atoms with Crippen molar-refractivity contribution in [2.24, 2.45) is 5.92 Å². The number of aromatic nitrogens is 2. The highest BCUT2D eigenvalue weighted by atomic mass is 16.5. The van der Waals surface area contributed by atoms with E-state index in [1.807, 2.05) is 6.92 Å². The van der Waals surface area contributed by atoms with E-state index < -0.39 is 11.9 Å². The van der Waals surface area contributed by atoms with Gasteiger partial charge in [0, 0.05) is 18.2 Å². The molecule has 1 aliphatic rings. The third kappa shape index (κ3) is 1.81. The van der Waals surface area contributed by atoms with Crippen LogP contribution in [0.15, 0.2) is 21.9 Å². The van der Waals surface area contributed by atoms with E-state index in [0.29, 0.717) is 6.42 Å². The van der Waals surface area contributed by atoms with Crippen molar-refractivity contribution in [3.8, 4) is 0 Å². The van der Waals surface area contributed by atoms with Gasteiger partial charge in [-0.25, -0.2) is 9.36 Å². The van der Waals surface area contributed by atoms with Gasteiger partial charge in [0.1, 0.15) is 6.23 Å². The van der Waals surface area contributed by atoms with Crippen LogP contribution in [0.2, 0.25) is 0 Å². The quantitative estimate of drug-likeness (QED) is 0.708. The highest BCUT2D eigenvalue weighted by Crippen LogP contribution is 2.31. The molecule has 16 heavy (non-hydrogen) atoms. The molecule has 6 nitrogen and oxygen atoms in total. The monoisotopic (exact) mass is 226 g/mol. The number of aliphatic hydroxyl groups excluding tert-OH is 1. The van der Waals surface area contributed by atoms with Crippen molar-refractivity contribution >= 4 is 0 Å². The van der Waals surface area contributed by atoms with Crippen molar-refractivity contribution in [1.82, 2.24) is 9.55 Å². The molecular formula is C10H14N2O4. The maximum atomic E-state index is 11.6. The lowest BCUT2D eigenvalue weighted by Gasteiger charge is -2.16. The second-order valence-corrected chi connectivity index (χ2v) is 4.04. The van der Waals surface area contributed by atoms with Gasteiger partial charge in [0.15, 0.2) is 0 Å². The Bertz CT molecular complexity index is 450. The minimum Gasteiger partial charge on any atom is -0.394 e. The number of nitrogens with one attached hydrogen (secondary N) is 1. The van der Waals surface area contributed by atoms with Gasteiger partial charge in [0.25, 0.3) is 5.56 Å². The summed E-state index contributed by atoms with van der Waals surface area (Å²) in [6.07, 6.45) is 1.06. The molecule has 1 fully saturated rings. The Morgan fingerprint density at radius 1 is 1.62 bits per heavy atom. The molecule has 0 aromatic carbocycles. The number of nitrogens with zero attached hydrogens (tertiary/aromatic N) is 1. The van der Waals surface area contributed by atoms with Crippen molar-refractivity contribution in [2.75, 3.05) is 6.61 Å². The molecule has 1 aromatic rings. The van der Waals surface area contributed by atoms with Gasteiger partial charge in [-0.05, 0) is 6.42 Å². The van der Waals surface area contributed by atoms with Crippen LogP contribution in [0.25, 0.3) is 0 Å². The lowest BCUT2D eigenvalue weighted by atomic mass is 10.1. The normalized spacial score (nSPS) is 29.5. The smallest absolute Gasteiger partial charge is 0.330 e. The molecule has 1 saturated heterocycles. The summed E-state index contributed by atoms with van der Waals surface area (Å²) in [5.74, 6) is 0.0262. The molecule has 1 unspecified atom stereocenters. The molecule has 3 atom stereocenters. The molecule has 0 amide bonds. The zero-order valence-electron chi connectivity index (χ0n) is 8.92. The van der Waals surface area contributed by atoms with Crippen LogP contribution in [0.5, 0.6) is 0 Å². The Morgan fingerprint density at radius 2 is 2.38 bits per heavy atom. The summed E-state index contributed by atoms with van der Waals surface area (Å²) in [5.41, 5.74) is -0.873. The third-order valence-electron chi connectivity index (χ3n) is 2.80. The predicted octanol–water partition coefficient (Wildman–Crippen LogP) is -0.548. The van der Waals surface area contributed by atoms with Gasteiger partial charge in [0.05, 0.1) is 12.7 Å². The molecule has 0 bridgehead atoms. The molecule has 2 N–H and O–H groups in total. The average molecular weight is 226 g/mol. The largest absolute Gasteiger partial charge is 0.394 e. The Kier molecular flexibility index (Phi) is 2.93. The Labute approximate surface area is 91.5 Å². The van der Waals surface area contributed by atoms with Crippen LogP contribution < -0.4 is 11.2 Å². The van der Waals surface area contributed by atoms with Crippen molar-refractivity contribution in [3.63, 3.8) is 0 Å². The van der Waals surface area contributed by atoms with Gasteiger partial charge in [-0.15, -0.1) is 0 Å². The fourth-order valence-electron chi connectivity index (χ4n) is 2.03. The second-order valence-electron chi connectivity index (χ2n) is 4.04. The van der Waals surface area contributed by atoms with E-state index >= 15 is 0 Å². The summed E-state index contributed by atoms with van der Waals surface area (Å²) < 4.78 is 6.52. The number of aromatic amines is 1. The van der Waals surface area contributed by atoms with Crippen LogP contribution >= 0.6 is 0 Å². The average Bonchev–Trinajstić information content (AvgIpc) is 2.60. The zero-order chi connectivity index (χ0) is 11.7. The standard InChI is InChI=1S/C10H14N2O4/c1-6-4-7(5-13)16-9(6)12-8(14)2-3-11-10(12)15/h2-3,6-7,9,13H,4-5H2,1H3,(H,11,15)/t6?,7-,9+/m0/s1. The van der Waals surface area contributed by atoms with Crippen LogP contribution in [0.4, 0.5) is 0 Å². The molecule has 0 saturated carbocycles. The SMILES string of the molecule is CC1C[C@@H](CO)O[C@H]1n1c(=O)cc[nH]c1=O. The Balaban J connectivity index is 2.39. The van der Waals surface area contributed by atoms with Crippen LogP contribution in [0, 0.1) is 5.92 Å². The van der Waals surface area contributed by atoms with E-state index in [9.17, 15) is 9.59 Å². The Hall–Kier alpha value is -1.40. The van der Waals surface area contributed by atoms with E-state index in [4.69, 9.17) is 9.84 Å². The van der Waals surface area contributed by atoms with Crippen LogP contribution in [-0.2, 0) is 4.74 Å². The van der Waals surface area contributed by atoms with E-state index in [1.54, 1.807) is 0 Å². The number of H-pyrrole nitrogens is 1. The summed E-state index contributed by atoms with van der Waals surface area (Å²) in [4.78, 5) is 25.5. The second kappa shape index (κ2) is 4.23. The van der Waals surface area contributed by atoms with Gasteiger partial charge in [-0.3, -0.25) is 4.79 Å². The summed E-state index contributed by atoms with van der Waals surface area (Å²) in [7, 11) is 0. The predicted molar refractivity (Wildman–Crippen MR) is 56.1 cm³/mol. The lowest BCUT2D eigenvalue weighted by Crippen LogP contribution is -2.38. The maximum absolute atomic E-state index is 11.6. The minimum atomic E-state index is -0.588. The Morgan fingerprint density at radius 3 is 2.94 bits per heavy atom. The summed E-state index contributed by atoms with van der Waals surface area (Å²) >= 11 is 0. The van der Waals surface area contributed by atoms with Crippen LogP contribution in [-0.4, -0.2) is 27.4 Å². The molecule has 2 heterocycles. The zero-order valence-corrected chi connectivity index (χ0v) is 8.92. The van der Waals surface area contributed by atoms with Crippen LogP contribution in [0.3, 0.4) is 0 Å². The first-order chi connectivity index (χ1) is 7.63. The highest BCUT2D eigenvalue weighted by Gasteiger charge is 2.34. The minimum absolute atomic E-state index is 0.0262. The first-order valence-electron chi connectivity index (χ1n) is 5.20. The molecule has 6 heteroatoms. The number of hydrogen-bond acceptors (Lipinski definition) is 4. The first kappa shape index (κ1) is 11.1. The van der Waals surface area contributed by atoms with E-state index in [2.05, 4.69) is 4.98 Å². The highest BCUT2D eigenvalue weighted by molar-refractivity contribution is 4.88. The first-order valence-corrected chi connectivity index (χ1v) is 5.20. The van der Waals surface area contributed by atoms with E-state index in [0.717, 1.165) is 4.57 Å². The molecule has 1 aliphatic heterocycles. The molecule has 0 aliphatic carbocycles. The van der Waals surface area contributed by atoms with Crippen molar-refractivity contribution < 1.29 is 9.84 Å². The van der Waals surface area contributed by atoms with Gasteiger partial charge in [-0.2, -0.15) is 0 Å². The topological polar surface area (TPSA) is 84.3 Å². The van der Waals surface area contributed by atoms with E-state index in [-0.39, 0.29) is 24.2 Å². The summed E-state index contributed by atoms with van der Waals surface area (Å²) in [6, 6.07) is 1.28. The number of rotatable bonds is 2. The number of hydrogen-bond donors (Lipinski definition) is 2. The van der Waals surface area contributed by atoms with E-state index in [1.165, 1.54) is 12.3 Å². The fourth-order valence-corrected chi connectivity index (χ4v) is 2.03. The van der Waals surface area contributed by atoms with Gasteiger partial charge < -0.3 is 14.8 Å². The van der Waals surface area contributed by atoms with Crippen molar-refractivity contribution in [2.45, 2.75) is 25.7 Å². The fraction of sp³-hybridized carbons (Fsp3) is 0.600. The summed E-state index contributed by atoms with van der Waals surface area (Å²) in [6.45, 7) is 1.79. The summed E-state index contributed by atoms with van der Waals surface area (Å²) in [5, 5.41) is 8.99. The lowest BCUT2D eigenvalue weighted by molar-refractivity contribution is -0.0351. The molecule has 0 spiro atoms. The van der Waals surface area contributed by atoms with Gasteiger partial charge in [-0.1, -0.05) is 6.92 Å². The van der Waals surface area contributed by atoms with Crippen LogP contribution in [0.1, 0.15) is 19.6 Å². The third-order valence-corrected chi connectivity index (χ3v) is 2.80. The maximum Gasteiger partial charge on any atom is 0.330 e. The van der Waals surface area contributed by atoms with Gasteiger partial charge >= 0.3 is 5.69 Å². The molecule has 2 rings (SSSR count). The number of ether oxygens (including phenoxy) is 1. The molecule has 1 aromatic heterocycles. The number of aliphatic hydroxyl groups is 1. The van der Waals surface area contributed by atoms with Crippen molar-refractivity contribution in [1.29, 1.82) is 0 Å². The van der Waals surface area contributed by atoms with Gasteiger partial charge in [0.2, 0.25) is 0 Å². The molecule has 88 valence electrons. The van der Waals surface area contributed by atoms with Crippen molar-refractivity contribution in [3.05, 3.63) is 33.1 Å². The molecule has 0 radical (unpaired) electrons. The molecular weight excluding hydrogens is 212 g/mol.